The second kappa shape index (κ2) is 6.26. The van der Waals surface area contributed by atoms with Gasteiger partial charge in [0, 0.05) is 21.7 Å². The van der Waals surface area contributed by atoms with Crippen molar-refractivity contribution in [1.29, 1.82) is 0 Å². The van der Waals surface area contributed by atoms with Gasteiger partial charge in [0.05, 0.1) is 12.3 Å². The maximum absolute atomic E-state index is 12.5. The number of amides is 1. The van der Waals surface area contributed by atoms with E-state index in [0.717, 1.165) is 33.3 Å². The molecule has 1 N–H and O–H groups in total. The van der Waals surface area contributed by atoms with E-state index in [1.165, 1.54) is 0 Å². The minimum absolute atomic E-state index is 0.132. The molecule has 0 fully saturated rings. The largest absolute Gasteiger partial charge is 0.493 e. The Bertz CT molecular complexity index is 1020. The third-order valence-corrected chi connectivity index (χ3v) is 4.52. The summed E-state index contributed by atoms with van der Waals surface area (Å²) >= 11 is 6.03. The predicted octanol–water partition coefficient (Wildman–Crippen LogP) is 5.38. The highest BCUT2D eigenvalue weighted by Crippen LogP contribution is 2.38. The van der Waals surface area contributed by atoms with Gasteiger partial charge in [0.1, 0.15) is 5.75 Å². The van der Waals surface area contributed by atoms with Crippen molar-refractivity contribution in [2.75, 3.05) is 11.9 Å². The van der Waals surface area contributed by atoms with Gasteiger partial charge in [0.15, 0.2) is 0 Å². The smallest absolute Gasteiger partial charge is 0.256 e. The lowest BCUT2D eigenvalue weighted by Gasteiger charge is -2.11. The number of rotatable bonds is 3. The van der Waals surface area contributed by atoms with Gasteiger partial charge >= 0.3 is 0 Å². The van der Waals surface area contributed by atoms with Crippen LogP contribution in [-0.4, -0.2) is 12.5 Å². The maximum Gasteiger partial charge on any atom is 0.256 e. The zero-order valence-corrected chi connectivity index (χ0v) is 14.4. The number of benzene rings is 3. The first-order valence-corrected chi connectivity index (χ1v) is 8.52. The summed E-state index contributed by atoms with van der Waals surface area (Å²) in [5, 5.41) is 5.63. The first-order valence-electron chi connectivity index (χ1n) is 8.15. The molecule has 3 aromatic rings. The third kappa shape index (κ3) is 2.77. The van der Waals surface area contributed by atoms with Crippen molar-refractivity contribution in [2.45, 2.75) is 6.92 Å². The third-order valence-electron chi connectivity index (χ3n) is 4.28. The van der Waals surface area contributed by atoms with E-state index in [1.54, 1.807) is 12.1 Å². The minimum atomic E-state index is -0.132. The Hall–Kier alpha value is -2.78. The highest BCUT2D eigenvalue weighted by molar-refractivity contribution is 6.37. The SMILES string of the molecule is CCOc1ccc2ccccc2c1/C=C1/C(=O)Nc2cc(Cl)ccc21. The van der Waals surface area contributed by atoms with Crippen LogP contribution in [0.4, 0.5) is 5.69 Å². The molecule has 0 aromatic heterocycles. The van der Waals surface area contributed by atoms with E-state index >= 15 is 0 Å². The Morgan fingerprint density at radius 1 is 1.12 bits per heavy atom. The van der Waals surface area contributed by atoms with E-state index in [2.05, 4.69) is 11.4 Å². The summed E-state index contributed by atoms with van der Waals surface area (Å²) in [4.78, 5) is 12.5. The van der Waals surface area contributed by atoms with Crippen LogP contribution in [0.5, 0.6) is 5.75 Å². The topological polar surface area (TPSA) is 38.3 Å². The van der Waals surface area contributed by atoms with E-state index < -0.39 is 0 Å². The number of halogens is 1. The molecule has 1 aliphatic heterocycles. The molecule has 4 rings (SSSR count). The fourth-order valence-electron chi connectivity index (χ4n) is 3.16. The summed E-state index contributed by atoms with van der Waals surface area (Å²) in [5.74, 6) is 0.636. The van der Waals surface area contributed by atoms with Crippen molar-refractivity contribution >= 4 is 45.6 Å². The van der Waals surface area contributed by atoms with Crippen LogP contribution in [0.1, 0.15) is 18.1 Å². The number of hydrogen-bond donors (Lipinski definition) is 1. The molecule has 0 spiro atoms. The molecular weight excluding hydrogens is 334 g/mol. The summed E-state index contributed by atoms with van der Waals surface area (Å²) in [6.45, 7) is 2.51. The monoisotopic (exact) mass is 349 g/mol. The number of fused-ring (bicyclic) bond motifs is 2. The van der Waals surface area contributed by atoms with Crippen LogP contribution in [0.25, 0.3) is 22.4 Å². The number of hydrogen-bond acceptors (Lipinski definition) is 2. The Morgan fingerprint density at radius 3 is 2.80 bits per heavy atom. The minimum Gasteiger partial charge on any atom is -0.493 e. The summed E-state index contributed by atoms with van der Waals surface area (Å²) in [6, 6.07) is 17.5. The van der Waals surface area contributed by atoms with Crippen LogP contribution >= 0.6 is 11.6 Å². The maximum atomic E-state index is 12.5. The average molecular weight is 350 g/mol. The van der Waals surface area contributed by atoms with Crippen LogP contribution in [0.3, 0.4) is 0 Å². The van der Waals surface area contributed by atoms with E-state index in [0.29, 0.717) is 17.2 Å². The normalized spacial score (nSPS) is 14.6. The van der Waals surface area contributed by atoms with E-state index in [-0.39, 0.29) is 5.91 Å². The number of anilines is 1. The fourth-order valence-corrected chi connectivity index (χ4v) is 3.33. The van der Waals surface area contributed by atoms with Crippen molar-refractivity contribution in [1.82, 2.24) is 0 Å². The van der Waals surface area contributed by atoms with Crippen LogP contribution in [0, 0.1) is 0 Å². The van der Waals surface area contributed by atoms with Crippen LogP contribution < -0.4 is 10.1 Å². The molecule has 25 heavy (non-hydrogen) atoms. The number of carbonyl (C=O) groups excluding carboxylic acids is 1. The lowest BCUT2D eigenvalue weighted by molar-refractivity contribution is -0.110. The lowest BCUT2D eigenvalue weighted by atomic mass is 9.98. The predicted molar refractivity (Wildman–Crippen MR) is 103 cm³/mol. The average Bonchev–Trinajstić information content (AvgIpc) is 2.91. The standard InChI is InChI=1S/C21H16ClNO2/c1-2-25-20-10-7-13-5-3-4-6-15(13)17(20)12-18-16-9-8-14(22)11-19(16)23-21(18)24/h3-12H,2H2,1H3,(H,23,24)/b18-12+. The highest BCUT2D eigenvalue weighted by Gasteiger charge is 2.25. The molecule has 3 aromatic carbocycles. The molecule has 0 atom stereocenters. The Morgan fingerprint density at radius 2 is 1.96 bits per heavy atom. The first kappa shape index (κ1) is 15.7. The second-order valence-electron chi connectivity index (χ2n) is 5.83. The van der Waals surface area contributed by atoms with Gasteiger partial charge in [-0.15, -0.1) is 0 Å². The molecule has 0 radical (unpaired) electrons. The fraction of sp³-hybridized carbons (Fsp3) is 0.0952. The Kier molecular flexibility index (Phi) is 3.94. The van der Waals surface area contributed by atoms with Gasteiger partial charge in [-0.1, -0.05) is 48.0 Å². The molecule has 3 nitrogen and oxygen atoms in total. The number of carbonyl (C=O) groups is 1. The molecule has 0 aliphatic carbocycles. The van der Waals surface area contributed by atoms with E-state index in [1.807, 2.05) is 49.4 Å². The number of ether oxygens (including phenoxy) is 1. The summed E-state index contributed by atoms with van der Waals surface area (Å²) in [6.07, 6.45) is 1.91. The van der Waals surface area contributed by atoms with Gasteiger partial charge in [-0.3, -0.25) is 4.79 Å². The van der Waals surface area contributed by atoms with E-state index in [9.17, 15) is 4.79 Å². The molecule has 124 valence electrons. The molecule has 1 amide bonds. The Balaban J connectivity index is 1.95. The second-order valence-corrected chi connectivity index (χ2v) is 6.27. The summed E-state index contributed by atoms with van der Waals surface area (Å²) in [5.41, 5.74) is 3.11. The lowest BCUT2D eigenvalue weighted by Crippen LogP contribution is -2.04. The molecular formula is C21H16ClNO2. The van der Waals surface area contributed by atoms with Crippen molar-refractivity contribution in [3.05, 3.63) is 70.7 Å². The molecule has 0 unspecified atom stereocenters. The number of nitrogens with one attached hydrogen (secondary N) is 1. The highest BCUT2D eigenvalue weighted by atomic mass is 35.5. The van der Waals surface area contributed by atoms with Gasteiger partial charge < -0.3 is 10.1 Å². The van der Waals surface area contributed by atoms with Crippen LogP contribution in [0.15, 0.2) is 54.6 Å². The molecule has 0 saturated heterocycles. The van der Waals surface area contributed by atoms with Crippen molar-refractivity contribution in [3.8, 4) is 5.75 Å². The van der Waals surface area contributed by atoms with Gasteiger partial charge in [0.2, 0.25) is 0 Å². The Labute approximate surface area is 150 Å². The van der Waals surface area contributed by atoms with Gasteiger partial charge in [-0.2, -0.15) is 0 Å². The van der Waals surface area contributed by atoms with Gasteiger partial charge in [-0.25, -0.2) is 0 Å². The molecule has 4 heteroatoms. The van der Waals surface area contributed by atoms with E-state index in [4.69, 9.17) is 16.3 Å². The quantitative estimate of drug-likeness (QED) is 0.644. The summed E-state index contributed by atoms with van der Waals surface area (Å²) in [7, 11) is 0. The molecule has 1 heterocycles. The van der Waals surface area contributed by atoms with Crippen molar-refractivity contribution in [3.63, 3.8) is 0 Å². The van der Waals surface area contributed by atoms with Crippen LogP contribution in [0.2, 0.25) is 5.02 Å². The zero-order chi connectivity index (χ0) is 17.4. The van der Waals surface area contributed by atoms with Crippen molar-refractivity contribution < 1.29 is 9.53 Å². The first-order chi connectivity index (χ1) is 12.2. The zero-order valence-electron chi connectivity index (χ0n) is 13.7. The van der Waals surface area contributed by atoms with Crippen LogP contribution in [-0.2, 0) is 4.79 Å². The molecule has 1 aliphatic rings. The summed E-state index contributed by atoms with van der Waals surface area (Å²) < 4.78 is 5.80. The van der Waals surface area contributed by atoms with Crippen molar-refractivity contribution in [2.24, 2.45) is 0 Å². The van der Waals surface area contributed by atoms with Gasteiger partial charge in [0.25, 0.3) is 5.91 Å². The van der Waals surface area contributed by atoms with Gasteiger partial charge in [-0.05, 0) is 42.0 Å². The molecule has 0 bridgehead atoms. The molecule has 0 saturated carbocycles.